The zero-order valence-electron chi connectivity index (χ0n) is 15.4. The van der Waals surface area contributed by atoms with Gasteiger partial charge in [0.1, 0.15) is 11.6 Å². The third-order valence-electron chi connectivity index (χ3n) is 4.97. The monoisotopic (exact) mass is 390 g/mol. The quantitative estimate of drug-likeness (QED) is 0.777. The van der Waals surface area contributed by atoms with Crippen molar-refractivity contribution in [1.29, 1.82) is 0 Å². The molecule has 2 aromatic carbocycles. The fourth-order valence-electron chi connectivity index (χ4n) is 3.47. The zero-order chi connectivity index (χ0) is 19.2. The second-order valence-electron chi connectivity index (χ2n) is 6.71. The van der Waals surface area contributed by atoms with E-state index >= 15 is 0 Å². The van der Waals surface area contributed by atoms with Crippen LogP contribution in [0.1, 0.15) is 30.0 Å². The molecular formula is C21H24ClFN2O2. The van der Waals surface area contributed by atoms with E-state index in [9.17, 15) is 9.18 Å². The van der Waals surface area contributed by atoms with Crippen LogP contribution in [0.3, 0.4) is 0 Å². The number of benzene rings is 2. The molecular weight excluding hydrogens is 367 g/mol. The highest BCUT2D eigenvalue weighted by Gasteiger charge is 2.24. The Kier molecular flexibility index (Phi) is 6.69. The van der Waals surface area contributed by atoms with Gasteiger partial charge in [-0.25, -0.2) is 4.39 Å². The lowest BCUT2D eigenvalue weighted by atomic mass is 10.0. The Hall–Kier alpha value is -2.11. The van der Waals surface area contributed by atoms with Gasteiger partial charge < -0.3 is 10.1 Å². The van der Waals surface area contributed by atoms with Gasteiger partial charge in [-0.15, -0.1) is 0 Å². The molecule has 0 aromatic heterocycles. The van der Waals surface area contributed by atoms with Gasteiger partial charge in [0.25, 0.3) is 0 Å². The van der Waals surface area contributed by atoms with Crippen molar-refractivity contribution in [3.63, 3.8) is 0 Å². The molecule has 1 fully saturated rings. The van der Waals surface area contributed by atoms with Crippen molar-refractivity contribution in [1.82, 2.24) is 10.2 Å². The highest BCUT2D eigenvalue weighted by molar-refractivity contribution is 6.31. The van der Waals surface area contributed by atoms with Gasteiger partial charge in [-0.05, 0) is 55.8 Å². The molecule has 1 saturated heterocycles. The molecule has 2 aromatic rings. The molecule has 27 heavy (non-hydrogen) atoms. The minimum atomic E-state index is -0.455. The summed E-state index contributed by atoms with van der Waals surface area (Å²) in [4.78, 5) is 14.8. The Morgan fingerprint density at radius 2 is 1.93 bits per heavy atom. The van der Waals surface area contributed by atoms with Gasteiger partial charge >= 0.3 is 0 Å². The molecule has 1 N–H and O–H groups in total. The topological polar surface area (TPSA) is 41.6 Å². The summed E-state index contributed by atoms with van der Waals surface area (Å²) in [5.74, 6) is 0.112. The molecule has 0 radical (unpaired) electrons. The van der Waals surface area contributed by atoms with Gasteiger partial charge in [0.05, 0.1) is 19.6 Å². The van der Waals surface area contributed by atoms with Crippen molar-refractivity contribution in [2.75, 3.05) is 26.7 Å². The van der Waals surface area contributed by atoms with Gasteiger partial charge in [0, 0.05) is 17.1 Å². The Morgan fingerprint density at radius 1 is 1.22 bits per heavy atom. The van der Waals surface area contributed by atoms with E-state index in [-0.39, 0.29) is 29.0 Å². The molecule has 1 unspecified atom stereocenters. The SMILES string of the molecule is COc1ccc(C(CNC(=O)Cc2c(F)cccc2Cl)N2CCCC2)cc1. The number of ether oxygens (including phenoxy) is 1. The van der Waals surface area contributed by atoms with E-state index in [2.05, 4.69) is 10.2 Å². The number of hydrogen-bond donors (Lipinski definition) is 1. The molecule has 0 saturated carbocycles. The van der Waals surface area contributed by atoms with E-state index in [1.165, 1.54) is 12.1 Å². The van der Waals surface area contributed by atoms with E-state index in [1.807, 2.05) is 24.3 Å². The summed E-state index contributed by atoms with van der Waals surface area (Å²) < 4.78 is 19.1. The van der Waals surface area contributed by atoms with E-state index in [0.29, 0.717) is 6.54 Å². The third kappa shape index (κ3) is 4.99. The molecule has 1 aliphatic rings. The molecule has 144 valence electrons. The van der Waals surface area contributed by atoms with Crippen LogP contribution in [0.4, 0.5) is 4.39 Å². The fraction of sp³-hybridized carbons (Fsp3) is 0.381. The Morgan fingerprint density at radius 3 is 2.56 bits per heavy atom. The molecule has 1 atom stereocenters. The number of carbonyl (C=O) groups excluding carboxylic acids is 1. The number of halogens is 2. The summed E-state index contributed by atoms with van der Waals surface area (Å²) in [6.45, 7) is 2.48. The number of nitrogens with zero attached hydrogens (tertiary/aromatic N) is 1. The van der Waals surface area contributed by atoms with Crippen molar-refractivity contribution in [3.8, 4) is 5.75 Å². The second-order valence-corrected chi connectivity index (χ2v) is 7.12. The number of methoxy groups -OCH3 is 1. The fourth-order valence-corrected chi connectivity index (χ4v) is 3.70. The number of likely N-dealkylation sites (tertiary alicyclic amines) is 1. The minimum absolute atomic E-state index is 0.0686. The maximum absolute atomic E-state index is 13.9. The summed E-state index contributed by atoms with van der Waals surface area (Å²) in [6, 6.07) is 12.4. The molecule has 4 nitrogen and oxygen atoms in total. The lowest BCUT2D eigenvalue weighted by molar-refractivity contribution is -0.120. The molecule has 6 heteroatoms. The third-order valence-corrected chi connectivity index (χ3v) is 5.33. The van der Waals surface area contributed by atoms with Crippen LogP contribution >= 0.6 is 11.6 Å². The van der Waals surface area contributed by atoms with Crippen molar-refractivity contribution in [2.24, 2.45) is 0 Å². The van der Waals surface area contributed by atoms with Crippen LogP contribution in [0, 0.1) is 5.82 Å². The van der Waals surface area contributed by atoms with E-state index in [1.54, 1.807) is 13.2 Å². The average Bonchev–Trinajstić information content (AvgIpc) is 3.20. The Bertz CT molecular complexity index is 756. The van der Waals surface area contributed by atoms with E-state index in [0.717, 1.165) is 37.2 Å². The Labute approximate surface area is 164 Å². The first-order valence-electron chi connectivity index (χ1n) is 9.16. The van der Waals surface area contributed by atoms with Crippen molar-refractivity contribution < 1.29 is 13.9 Å². The van der Waals surface area contributed by atoms with Crippen molar-refractivity contribution in [3.05, 3.63) is 64.4 Å². The van der Waals surface area contributed by atoms with Crippen molar-refractivity contribution in [2.45, 2.75) is 25.3 Å². The van der Waals surface area contributed by atoms with Crippen molar-refractivity contribution >= 4 is 17.5 Å². The standard InChI is InChI=1S/C21H24ClFN2O2/c1-27-16-9-7-15(8-10-16)20(25-11-2-3-12-25)14-24-21(26)13-17-18(22)5-4-6-19(17)23/h4-10,20H,2-3,11-14H2,1H3,(H,24,26). The first kappa shape index (κ1) is 19.6. The van der Waals surface area contributed by atoms with E-state index in [4.69, 9.17) is 16.3 Å². The normalized spacial score (nSPS) is 15.5. The van der Waals surface area contributed by atoms with Gasteiger partial charge in [0.2, 0.25) is 5.91 Å². The molecule has 0 spiro atoms. The predicted molar refractivity (Wildman–Crippen MR) is 105 cm³/mol. The van der Waals surface area contributed by atoms with Crippen LogP contribution in [0.5, 0.6) is 5.75 Å². The summed E-state index contributed by atoms with van der Waals surface area (Å²) in [7, 11) is 1.64. The van der Waals surface area contributed by atoms with Gasteiger partial charge in [0.15, 0.2) is 0 Å². The highest BCUT2D eigenvalue weighted by atomic mass is 35.5. The molecule has 0 aliphatic carbocycles. The lowest BCUT2D eigenvalue weighted by Crippen LogP contribution is -2.37. The summed E-state index contributed by atoms with van der Waals surface area (Å²) in [6.07, 6.45) is 2.25. The smallest absolute Gasteiger partial charge is 0.224 e. The Balaban J connectivity index is 1.67. The molecule has 1 heterocycles. The molecule has 0 bridgehead atoms. The highest BCUT2D eigenvalue weighted by Crippen LogP contribution is 2.26. The van der Waals surface area contributed by atoms with Crippen LogP contribution in [-0.2, 0) is 11.2 Å². The van der Waals surface area contributed by atoms with Crippen LogP contribution < -0.4 is 10.1 Å². The number of nitrogens with one attached hydrogen (secondary N) is 1. The molecule has 1 aliphatic heterocycles. The number of amides is 1. The summed E-state index contributed by atoms with van der Waals surface area (Å²) in [5.41, 5.74) is 1.36. The number of hydrogen-bond acceptors (Lipinski definition) is 3. The van der Waals surface area contributed by atoms with E-state index < -0.39 is 5.82 Å². The number of carbonyl (C=O) groups is 1. The molecule has 1 amide bonds. The lowest BCUT2D eigenvalue weighted by Gasteiger charge is -2.28. The summed E-state index contributed by atoms with van der Waals surface area (Å²) >= 11 is 6.02. The molecule has 3 rings (SSSR count). The number of rotatable bonds is 7. The first-order valence-corrected chi connectivity index (χ1v) is 9.54. The maximum Gasteiger partial charge on any atom is 0.224 e. The van der Waals surface area contributed by atoms with Gasteiger partial charge in [-0.1, -0.05) is 29.8 Å². The van der Waals surface area contributed by atoms with Gasteiger partial charge in [-0.3, -0.25) is 9.69 Å². The minimum Gasteiger partial charge on any atom is -0.497 e. The van der Waals surface area contributed by atoms with Crippen LogP contribution in [0.15, 0.2) is 42.5 Å². The van der Waals surface area contributed by atoms with Crippen LogP contribution in [-0.4, -0.2) is 37.6 Å². The average molecular weight is 391 g/mol. The first-order chi connectivity index (χ1) is 13.1. The van der Waals surface area contributed by atoms with Gasteiger partial charge in [-0.2, -0.15) is 0 Å². The second kappa shape index (κ2) is 9.20. The zero-order valence-corrected chi connectivity index (χ0v) is 16.1. The largest absolute Gasteiger partial charge is 0.497 e. The predicted octanol–water partition coefficient (Wildman–Crippen LogP) is 3.98. The van der Waals surface area contributed by atoms with Crippen LogP contribution in [0.2, 0.25) is 5.02 Å². The maximum atomic E-state index is 13.9. The summed E-state index contributed by atoms with van der Waals surface area (Å²) in [5, 5.41) is 3.23. The van der Waals surface area contributed by atoms with Crippen LogP contribution in [0.25, 0.3) is 0 Å².